The van der Waals surface area contributed by atoms with Crippen LogP contribution in [0.25, 0.3) is 0 Å². The minimum atomic E-state index is 0.728. The van der Waals surface area contributed by atoms with E-state index in [4.69, 9.17) is 5.73 Å². The number of benzene rings is 1. The van der Waals surface area contributed by atoms with Gasteiger partial charge >= 0.3 is 0 Å². The van der Waals surface area contributed by atoms with Crippen LogP contribution < -0.4 is 11.1 Å². The van der Waals surface area contributed by atoms with Gasteiger partial charge in [-0.15, -0.1) is 0 Å². The van der Waals surface area contributed by atoms with Crippen LogP contribution in [0.5, 0.6) is 0 Å². The van der Waals surface area contributed by atoms with Crippen molar-refractivity contribution in [2.45, 2.75) is 27.3 Å². The Kier molecular flexibility index (Phi) is 3.51. The van der Waals surface area contributed by atoms with Gasteiger partial charge in [-0.3, -0.25) is 0 Å². The Labute approximate surface area is 108 Å². The van der Waals surface area contributed by atoms with E-state index in [0.29, 0.717) is 0 Å². The molecule has 0 aliphatic heterocycles. The Morgan fingerprint density at radius 3 is 2.50 bits per heavy atom. The topological polar surface area (TPSA) is 50.9 Å². The number of rotatable bonds is 3. The van der Waals surface area contributed by atoms with Crippen molar-refractivity contribution < 1.29 is 0 Å². The molecule has 0 saturated carbocycles. The highest BCUT2D eigenvalue weighted by molar-refractivity contribution is 5.51. The summed E-state index contributed by atoms with van der Waals surface area (Å²) in [7, 11) is 0. The number of hydrogen-bond donors (Lipinski definition) is 2. The molecule has 0 saturated heterocycles. The Bertz CT molecular complexity index is 510. The van der Waals surface area contributed by atoms with Crippen molar-refractivity contribution in [3.05, 3.63) is 52.7 Å². The van der Waals surface area contributed by atoms with Gasteiger partial charge in [0.1, 0.15) is 5.82 Å². The number of pyridine rings is 1. The lowest BCUT2D eigenvalue weighted by atomic mass is 10.1. The average Bonchev–Trinajstić information content (AvgIpc) is 2.35. The fourth-order valence-corrected chi connectivity index (χ4v) is 1.77. The first-order valence-electron chi connectivity index (χ1n) is 6.08. The second-order valence-electron chi connectivity index (χ2n) is 4.70. The summed E-state index contributed by atoms with van der Waals surface area (Å²) in [6, 6.07) is 8.45. The maximum atomic E-state index is 5.74. The summed E-state index contributed by atoms with van der Waals surface area (Å²) in [4.78, 5) is 4.26. The van der Waals surface area contributed by atoms with Crippen LogP contribution in [0.3, 0.4) is 0 Å². The molecular weight excluding hydrogens is 222 g/mol. The first kappa shape index (κ1) is 12.4. The summed E-state index contributed by atoms with van der Waals surface area (Å²) in [6.07, 6.45) is 1.69. The number of aromatic nitrogens is 1. The molecule has 3 nitrogen and oxygen atoms in total. The molecule has 1 aromatic heterocycles. The number of anilines is 2. The molecule has 0 fully saturated rings. The lowest BCUT2D eigenvalue weighted by molar-refractivity contribution is 1.10. The molecule has 2 rings (SSSR count). The number of nitrogens with one attached hydrogen (secondary N) is 1. The highest BCUT2D eigenvalue weighted by atomic mass is 15.0. The van der Waals surface area contributed by atoms with Crippen molar-refractivity contribution in [1.29, 1.82) is 0 Å². The molecule has 0 radical (unpaired) electrons. The molecule has 18 heavy (non-hydrogen) atoms. The van der Waals surface area contributed by atoms with Gasteiger partial charge in [0.2, 0.25) is 0 Å². The Morgan fingerprint density at radius 1 is 1.06 bits per heavy atom. The fraction of sp³-hybridized carbons (Fsp3) is 0.267. The molecule has 3 heteroatoms. The lowest BCUT2D eigenvalue weighted by Crippen LogP contribution is -2.03. The normalized spacial score (nSPS) is 10.4. The Hall–Kier alpha value is -2.03. The van der Waals surface area contributed by atoms with E-state index in [0.717, 1.165) is 23.6 Å². The third kappa shape index (κ3) is 2.80. The van der Waals surface area contributed by atoms with Gasteiger partial charge in [-0.25, -0.2) is 4.98 Å². The largest absolute Gasteiger partial charge is 0.397 e. The van der Waals surface area contributed by atoms with Crippen LogP contribution in [0.1, 0.15) is 22.3 Å². The zero-order chi connectivity index (χ0) is 13.1. The van der Waals surface area contributed by atoms with E-state index >= 15 is 0 Å². The van der Waals surface area contributed by atoms with E-state index in [1.165, 1.54) is 16.7 Å². The van der Waals surface area contributed by atoms with E-state index in [1.54, 1.807) is 6.20 Å². The number of hydrogen-bond acceptors (Lipinski definition) is 3. The molecule has 0 amide bonds. The number of nitrogens with zero attached hydrogens (tertiary/aromatic N) is 1. The van der Waals surface area contributed by atoms with Gasteiger partial charge in [0.15, 0.2) is 0 Å². The van der Waals surface area contributed by atoms with Crippen LogP contribution >= 0.6 is 0 Å². The van der Waals surface area contributed by atoms with E-state index in [1.807, 2.05) is 13.0 Å². The van der Waals surface area contributed by atoms with Crippen LogP contribution in [-0.2, 0) is 6.54 Å². The van der Waals surface area contributed by atoms with Gasteiger partial charge in [0, 0.05) is 6.54 Å². The van der Waals surface area contributed by atoms with Crippen molar-refractivity contribution >= 4 is 11.5 Å². The van der Waals surface area contributed by atoms with E-state index < -0.39 is 0 Å². The van der Waals surface area contributed by atoms with Crippen molar-refractivity contribution in [2.75, 3.05) is 11.1 Å². The number of aryl methyl sites for hydroxylation is 3. The third-order valence-corrected chi connectivity index (χ3v) is 3.20. The van der Waals surface area contributed by atoms with Crippen LogP contribution in [0.2, 0.25) is 0 Å². The molecule has 3 N–H and O–H groups in total. The molecular formula is C15H19N3. The second kappa shape index (κ2) is 5.08. The molecule has 0 atom stereocenters. The van der Waals surface area contributed by atoms with Gasteiger partial charge in [-0.1, -0.05) is 18.2 Å². The van der Waals surface area contributed by atoms with Crippen LogP contribution in [0.4, 0.5) is 11.5 Å². The van der Waals surface area contributed by atoms with Crippen LogP contribution in [0, 0.1) is 20.8 Å². The van der Waals surface area contributed by atoms with Crippen LogP contribution in [-0.4, -0.2) is 4.98 Å². The highest BCUT2D eigenvalue weighted by Gasteiger charge is 2.00. The predicted molar refractivity (Wildman–Crippen MR) is 76.6 cm³/mol. The predicted octanol–water partition coefficient (Wildman–Crippen LogP) is 3.20. The SMILES string of the molecule is Cc1ccc(CNc2cc(C)c(N)cn2)cc1C. The maximum Gasteiger partial charge on any atom is 0.126 e. The maximum absolute atomic E-state index is 5.74. The average molecular weight is 241 g/mol. The summed E-state index contributed by atoms with van der Waals surface area (Å²) < 4.78 is 0. The first-order chi connectivity index (χ1) is 8.56. The van der Waals surface area contributed by atoms with Crippen molar-refractivity contribution in [1.82, 2.24) is 4.98 Å². The van der Waals surface area contributed by atoms with E-state index in [9.17, 15) is 0 Å². The van der Waals surface area contributed by atoms with Crippen molar-refractivity contribution in [3.63, 3.8) is 0 Å². The Balaban J connectivity index is 2.06. The Morgan fingerprint density at radius 2 is 1.83 bits per heavy atom. The molecule has 0 unspecified atom stereocenters. The fourth-order valence-electron chi connectivity index (χ4n) is 1.77. The standard InChI is InChI=1S/C15H19N3/c1-10-4-5-13(6-11(10)2)8-17-15-7-12(3)14(16)9-18-15/h4-7,9H,8,16H2,1-3H3,(H,17,18). The quantitative estimate of drug-likeness (QED) is 0.867. The molecule has 94 valence electrons. The molecule has 0 spiro atoms. The van der Waals surface area contributed by atoms with E-state index in [2.05, 4.69) is 42.3 Å². The van der Waals surface area contributed by atoms with Gasteiger partial charge in [0.05, 0.1) is 11.9 Å². The van der Waals surface area contributed by atoms with Gasteiger partial charge in [-0.05, 0) is 49.1 Å². The highest BCUT2D eigenvalue weighted by Crippen LogP contribution is 2.15. The van der Waals surface area contributed by atoms with Crippen molar-refractivity contribution in [2.24, 2.45) is 0 Å². The lowest BCUT2D eigenvalue weighted by Gasteiger charge is -2.09. The number of nitrogen functional groups attached to an aromatic ring is 1. The molecule has 1 heterocycles. The summed E-state index contributed by atoms with van der Waals surface area (Å²) in [5.41, 5.74) is 11.4. The summed E-state index contributed by atoms with van der Waals surface area (Å²) in [5, 5.41) is 3.31. The molecule has 2 aromatic rings. The monoisotopic (exact) mass is 241 g/mol. The van der Waals surface area contributed by atoms with Gasteiger partial charge in [0.25, 0.3) is 0 Å². The minimum absolute atomic E-state index is 0.728. The molecule has 1 aromatic carbocycles. The minimum Gasteiger partial charge on any atom is -0.397 e. The summed E-state index contributed by atoms with van der Waals surface area (Å²) in [5.74, 6) is 0.861. The molecule has 0 aliphatic rings. The first-order valence-corrected chi connectivity index (χ1v) is 6.08. The molecule has 0 aliphatic carbocycles. The van der Waals surface area contributed by atoms with E-state index in [-0.39, 0.29) is 0 Å². The number of nitrogens with two attached hydrogens (primary N) is 1. The van der Waals surface area contributed by atoms with Gasteiger partial charge < -0.3 is 11.1 Å². The smallest absolute Gasteiger partial charge is 0.126 e. The zero-order valence-electron chi connectivity index (χ0n) is 11.1. The summed E-state index contributed by atoms with van der Waals surface area (Å²) >= 11 is 0. The van der Waals surface area contributed by atoms with Crippen molar-refractivity contribution in [3.8, 4) is 0 Å². The summed E-state index contributed by atoms with van der Waals surface area (Å²) in [6.45, 7) is 7.01. The van der Waals surface area contributed by atoms with Crippen LogP contribution in [0.15, 0.2) is 30.5 Å². The zero-order valence-corrected chi connectivity index (χ0v) is 11.1. The molecule has 0 bridgehead atoms. The second-order valence-corrected chi connectivity index (χ2v) is 4.70. The van der Waals surface area contributed by atoms with Gasteiger partial charge in [-0.2, -0.15) is 0 Å². The third-order valence-electron chi connectivity index (χ3n) is 3.20.